The van der Waals surface area contributed by atoms with Gasteiger partial charge in [-0.3, -0.25) is 9.52 Å². The summed E-state index contributed by atoms with van der Waals surface area (Å²) in [7, 11) is -3.71. The Morgan fingerprint density at radius 2 is 1.77 bits per heavy atom. The number of nitrogens with zero attached hydrogens (tertiary/aromatic N) is 1. The fourth-order valence-corrected chi connectivity index (χ4v) is 5.49. The van der Waals surface area contributed by atoms with Crippen LogP contribution in [0.4, 0.5) is 5.69 Å². The molecule has 1 saturated heterocycles. The van der Waals surface area contributed by atoms with E-state index < -0.39 is 10.0 Å². The molecule has 0 saturated carbocycles. The first kappa shape index (κ1) is 23.6. The van der Waals surface area contributed by atoms with Crippen LogP contribution in [0.2, 0.25) is 5.02 Å². The average Bonchev–Trinajstić information content (AvgIpc) is 2.71. The van der Waals surface area contributed by atoms with Gasteiger partial charge >= 0.3 is 0 Å². The highest BCUT2D eigenvalue weighted by Crippen LogP contribution is 2.24. The Kier molecular flexibility index (Phi) is 7.97. The van der Waals surface area contributed by atoms with Gasteiger partial charge in [-0.2, -0.15) is 0 Å². The van der Waals surface area contributed by atoms with Crippen LogP contribution < -0.4 is 10.0 Å². The molecular weight excluding hydrogens is 434 g/mol. The van der Waals surface area contributed by atoms with Crippen molar-refractivity contribution < 1.29 is 13.2 Å². The Balaban J connectivity index is 1.52. The van der Waals surface area contributed by atoms with Crippen LogP contribution in [0.5, 0.6) is 0 Å². The number of carbonyl (C=O) groups is 1. The van der Waals surface area contributed by atoms with E-state index >= 15 is 0 Å². The molecule has 2 aromatic carbocycles. The quantitative estimate of drug-likeness (QED) is 0.574. The molecule has 0 spiro atoms. The number of nitrogens with one attached hydrogen (secondary N) is 2. The van der Waals surface area contributed by atoms with Crippen molar-refractivity contribution in [2.75, 3.05) is 30.9 Å². The second kappa shape index (κ2) is 10.5. The predicted octanol–water partition coefficient (Wildman–Crippen LogP) is 4.24. The van der Waals surface area contributed by atoms with Crippen molar-refractivity contribution >= 4 is 33.2 Å². The molecule has 1 aliphatic heterocycles. The summed E-state index contributed by atoms with van der Waals surface area (Å²) in [6, 6.07) is 12.6. The van der Waals surface area contributed by atoms with E-state index in [0.717, 1.165) is 37.9 Å². The molecule has 0 aliphatic carbocycles. The molecule has 8 heteroatoms. The number of hydrogen-bond acceptors (Lipinski definition) is 4. The standard InChI is InChI=1S/C23H30ClN3O3S/c1-17-13-18(2)16-27(15-17)12-6-11-25-23(28)21-10-9-19(14-22(21)24)26-31(29,30)20-7-4-3-5-8-20/h3-5,7-10,14,17-18,26H,6,11-13,15-16H2,1-2H3,(H,25,28)/t17-,18-/m1/s1. The van der Waals surface area contributed by atoms with Crippen LogP contribution in [0.3, 0.4) is 0 Å². The van der Waals surface area contributed by atoms with Gasteiger partial charge in [-0.05, 0) is 61.6 Å². The van der Waals surface area contributed by atoms with Gasteiger partial charge in [-0.1, -0.05) is 43.6 Å². The maximum absolute atomic E-state index is 12.5. The number of hydrogen-bond donors (Lipinski definition) is 2. The monoisotopic (exact) mass is 463 g/mol. The zero-order valence-corrected chi connectivity index (χ0v) is 19.5. The van der Waals surface area contributed by atoms with Crippen molar-refractivity contribution in [3.63, 3.8) is 0 Å². The van der Waals surface area contributed by atoms with Crippen LogP contribution in [0.25, 0.3) is 0 Å². The van der Waals surface area contributed by atoms with E-state index in [1.807, 2.05) is 0 Å². The zero-order chi connectivity index (χ0) is 22.4. The number of halogens is 1. The lowest BCUT2D eigenvalue weighted by molar-refractivity contribution is 0.0947. The minimum atomic E-state index is -3.71. The fourth-order valence-electron chi connectivity index (χ4n) is 4.15. The first-order valence-electron chi connectivity index (χ1n) is 10.6. The summed E-state index contributed by atoms with van der Waals surface area (Å²) in [6.45, 7) is 8.33. The number of benzene rings is 2. The Labute approximate surface area is 190 Å². The molecule has 0 aromatic heterocycles. The predicted molar refractivity (Wildman–Crippen MR) is 125 cm³/mol. The van der Waals surface area contributed by atoms with Crippen LogP contribution in [-0.2, 0) is 10.0 Å². The summed E-state index contributed by atoms with van der Waals surface area (Å²) in [5.74, 6) is 1.17. The molecular formula is C23H30ClN3O3S. The number of rotatable bonds is 8. The van der Waals surface area contributed by atoms with Crippen LogP contribution in [0, 0.1) is 11.8 Å². The molecule has 0 bridgehead atoms. The smallest absolute Gasteiger partial charge is 0.261 e. The number of anilines is 1. The van der Waals surface area contributed by atoms with Crippen molar-refractivity contribution in [3.8, 4) is 0 Å². The highest BCUT2D eigenvalue weighted by molar-refractivity contribution is 7.92. The molecule has 1 aliphatic rings. The molecule has 31 heavy (non-hydrogen) atoms. The normalized spacial score (nSPS) is 19.7. The van der Waals surface area contributed by atoms with Crippen LogP contribution >= 0.6 is 11.6 Å². The van der Waals surface area contributed by atoms with Gasteiger partial charge in [0.1, 0.15) is 0 Å². The van der Waals surface area contributed by atoms with Gasteiger partial charge in [-0.25, -0.2) is 8.42 Å². The van der Waals surface area contributed by atoms with E-state index in [1.165, 1.54) is 36.8 Å². The Morgan fingerprint density at radius 1 is 1.10 bits per heavy atom. The first-order valence-corrected chi connectivity index (χ1v) is 12.5. The summed E-state index contributed by atoms with van der Waals surface area (Å²) in [4.78, 5) is 15.1. The summed E-state index contributed by atoms with van der Waals surface area (Å²) in [6.07, 6.45) is 2.15. The minimum Gasteiger partial charge on any atom is -0.352 e. The minimum absolute atomic E-state index is 0.158. The van der Waals surface area contributed by atoms with E-state index in [2.05, 4.69) is 28.8 Å². The highest BCUT2D eigenvalue weighted by Gasteiger charge is 2.21. The van der Waals surface area contributed by atoms with Gasteiger partial charge in [-0.15, -0.1) is 0 Å². The van der Waals surface area contributed by atoms with Crippen molar-refractivity contribution in [1.29, 1.82) is 0 Å². The van der Waals surface area contributed by atoms with Crippen molar-refractivity contribution in [2.45, 2.75) is 31.6 Å². The SMILES string of the molecule is C[C@@H]1C[C@@H](C)CN(CCCNC(=O)c2ccc(NS(=O)(=O)c3ccccc3)cc2Cl)C1. The number of piperidine rings is 1. The number of sulfonamides is 1. The van der Waals surface area contributed by atoms with Crippen LogP contribution in [0.1, 0.15) is 37.0 Å². The molecule has 2 atom stereocenters. The van der Waals surface area contributed by atoms with Crippen molar-refractivity contribution in [1.82, 2.24) is 10.2 Å². The fraction of sp³-hybridized carbons (Fsp3) is 0.435. The molecule has 3 rings (SSSR count). The third kappa shape index (κ3) is 6.69. The highest BCUT2D eigenvalue weighted by atomic mass is 35.5. The van der Waals surface area contributed by atoms with E-state index in [1.54, 1.807) is 18.2 Å². The van der Waals surface area contributed by atoms with Gasteiger partial charge in [0.2, 0.25) is 0 Å². The molecule has 1 fully saturated rings. The maximum Gasteiger partial charge on any atom is 0.261 e. The molecule has 168 valence electrons. The van der Waals surface area contributed by atoms with Crippen molar-refractivity contribution in [2.24, 2.45) is 11.8 Å². The topological polar surface area (TPSA) is 78.5 Å². The second-order valence-electron chi connectivity index (χ2n) is 8.43. The van der Waals surface area contributed by atoms with E-state index in [-0.39, 0.29) is 15.8 Å². The van der Waals surface area contributed by atoms with E-state index in [9.17, 15) is 13.2 Å². The first-order chi connectivity index (χ1) is 14.7. The second-order valence-corrected chi connectivity index (χ2v) is 10.5. The lowest BCUT2D eigenvalue weighted by atomic mass is 9.92. The van der Waals surface area contributed by atoms with Crippen LogP contribution in [0.15, 0.2) is 53.4 Å². The summed E-state index contributed by atoms with van der Waals surface area (Å²) in [5, 5.41) is 3.11. The summed E-state index contributed by atoms with van der Waals surface area (Å²) in [5.41, 5.74) is 0.628. The molecule has 1 heterocycles. The Bertz CT molecular complexity index is 988. The molecule has 1 amide bonds. The van der Waals surface area contributed by atoms with E-state index in [4.69, 9.17) is 11.6 Å². The molecule has 6 nitrogen and oxygen atoms in total. The van der Waals surface area contributed by atoms with E-state index in [0.29, 0.717) is 17.8 Å². The Hall–Kier alpha value is -2.09. The largest absolute Gasteiger partial charge is 0.352 e. The lowest BCUT2D eigenvalue weighted by Gasteiger charge is -2.34. The average molecular weight is 464 g/mol. The number of carbonyl (C=O) groups excluding carboxylic acids is 1. The van der Waals surface area contributed by atoms with Gasteiger partial charge in [0, 0.05) is 19.6 Å². The molecule has 0 unspecified atom stereocenters. The Morgan fingerprint density at radius 3 is 2.42 bits per heavy atom. The van der Waals surface area contributed by atoms with Gasteiger partial charge in [0.15, 0.2) is 0 Å². The van der Waals surface area contributed by atoms with Crippen LogP contribution in [-0.4, -0.2) is 45.4 Å². The lowest BCUT2D eigenvalue weighted by Crippen LogP contribution is -2.40. The third-order valence-electron chi connectivity index (χ3n) is 5.40. The number of likely N-dealkylation sites (tertiary alicyclic amines) is 1. The van der Waals surface area contributed by atoms with Gasteiger partial charge in [0.25, 0.3) is 15.9 Å². The summed E-state index contributed by atoms with van der Waals surface area (Å²) >= 11 is 6.26. The van der Waals surface area contributed by atoms with Crippen molar-refractivity contribution in [3.05, 3.63) is 59.1 Å². The molecule has 2 aromatic rings. The maximum atomic E-state index is 12.5. The van der Waals surface area contributed by atoms with Gasteiger partial charge < -0.3 is 10.2 Å². The molecule has 2 N–H and O–H groups in total. The van der Waals surface area contributed by atoms with Gasteiger partial charge in [0.05, 0.1) is 21.2 Å². The zero-order valence-electron chi connectivity index (χ0n) is 18.0. The summed E-state index contributed by atoms with van der Waals surface area (Å²) < 4.78 is 27.4. The third-order valence-corrected chi connectivity index (χ3v) is 7.11. The molecule has 0 radical (unpaired) electrons. The number of amides is 1.